The Hall–Kier alpha value is -3.61. The molecule has 2 aliphatic heterocycles. The minimum atomic E-state index is -0.854. The van der Waals surface area contributed by atoms with Gasteiger partial charge < -0.3 is 9.47 Å². The van der Waals surface area contributed by atoms with Crippen LogP contribution in [-0.4, -0.2) is 54.2 Å². The lowest BCUT2D eigenvalue weighted by molar-refractivity contribution is -0.128. The van der Waals surface area contributed by atoms with Crippen molar-refractivity contribution in [2.75, 3.05) is 26.3 Å². The van der Waals surface area contributed by atoms with Gasteiger partial charge in [-0.25, -0.2) is 14.5 Å². The molecule has 2 aromatic rings. The normalized spacial score (nSPS) is 17.9. The first kappa shape index (κ1) is 18.7. The van der Waals surface area contributed by atoms with Crippen LogP contribution < -0.4 is 0 Å². The van der Waals surface area contributed by atoms with Gasteiger partial charge in [0.2, 0.25) is 5.91 Å². The summed E-state index contributed by atoms with van der Waals surface area (Å²) in [7, 11) is 0. The van der Waals surface area contributed by atoms with Crippen molar-refractivity contribution in [2.24, 2.45) is 0 Å². The first-order valence-electron chi connectivity index (χ1n) is 9.39. The Morgan fingerprint density at radius 2 is 1.38 bits per heavy atom. The molecule has 0 N–H and O–H groups in total. The van der Waals surface area contributed by atoms with Crippen molar-refractivity contribution in [2.45, 2.75) is 5.92 Å². The molecule has 7 heteroatoms. The molecule has 0 aliphatic carbocycles. The van der Waals surface area contributed by atoms with E-state index in [0.717, 1.165) is 10.5 Å². The predicted molar refractivity (Wildman–Crippen MR) is 105 cm³/mol. The lowest BCUT2D eigenvalue weighted by Gasteiger charge is -2.28. The second kappa shape index (κ2) is 8.18. The third-order valence-electron chi connectivity index (χ3n) is 4.89. The van der Waals surface area contributed by atoms with Gasteiger partial charge in [-0.15, -0.1) is 0 Å². The number of rotatable bonds is 5. The second-order valence-electron chi connectivity index (χ2n) is 6.69. The van der Waals surface area contributed by atoms with E-state index in [2.05, 4.69) is 0 Å². The Bertz CT molecular complexity index is 942. The zero-order valence-electron chi connectivity index (χ0n) is 15.7. The SMILES string of the molecule is O=C1OCCN1C(=O)C(/C(=C/c1ccccc1)N1CCOC1=O)c1ccccc1. The fourth-order valence-electron chi connectivity index (χ4n) is 3.50. The summed E-state index contributed by atoms with van der Waals surface area (Å²) in [5.74, 6) is -1.28. The van der Waals surface area contributed by atoms with Crippen LogP contribution in [0.5, 0.6) is 0 Å². The summed E-state index contributed by atoms with van der Waals surface area (Å²) in [4.78, 5) is 40.5. The largest absolute Gasteiger partial charge is 0.447 e. The van der Waals surface area contributed by atoms with Gasteiger partial charge in [-0.05, 0) is 17.2 Å². The maximum absolute atomic E-state index is 13.5. The molecule has 0 aromatic heterocycles. The van der Waals surface area contributed by atoms with Crippen molar-refractivity contribution in [3.63, 3.8) is 0 Å². The van der Waals surface area contributed by atoms with E-state index in [1.54, 1.807) is 6.08 Å². The fourth-order valence-corrected chi connectivity index (χ4v) is 3.50. The minimum Gasteiger partial charge on any atom is -0.447 e. The maximum atomic E-state index is 13.5. The first-order chi connectivity index (χ1) is 14.1. The van der Waals surface area contributed by atoms with Crippen molar-refractivity contribution in [3.8, 4) is 0 Å². The van der Waals surface area contributed by atoms with Crippen LogP contribution in [0.4, 0.5) is 9.59 Å². The van der Waals surface area contributed by atoms with Gasteiger partial charge in [0.05, 0.1) is 13.1 Å². The molecule has 7 nitrogen and oxygen atoms in total. The summed E-state index contributed by atoms with van der Waals surface area (Å²) >= 11 is 0. The lowest BCUT2D eigenvalue weighted by Crippen LogP contribution is -2.40. The Morgan fingerprint density at radius 1 is 0.828 bits per heavy atom. The van der Waals surface area contributed by atoms with Crippen molar-refractivity contribution in [1.82, 2.24) is 9.80 Å². The second-order valence-corrected chi connectivity index (χ2v) is 6.69. The molecule has 1 unspecified atom stereocenters. The van der Waals surface area contributed by atoms with Crippen LogP contribution in [0.25, 0.3) is 6.08 Å². The average Bonchev–Trinajstić information content (AvgIpc) is 3.37. The van der Waals surface area contributed by atoms with Crippen LogP contribution >= 0.6 is 0 Å². The number of hydrogen-bond acceptors (Lipinski definition) is 5. The standard InChI is InChI=1S/C22H20N2O5/c25-20(24-12-14-29-22(24)27)19(17-9-5-2-6-10-17)18(23-11-13-28-21(23)26)15-16-7-3-1-4-8-16/h1-10,15,19H,11-14H2/b18-15-. The Labute approximate surface area is 168 Å². The van der Waals surface area contributed by atoms with Crippen molar-refractivity contribution in [1.29, 1.82) is 0 Å². The third kappa shape index (κ3) is 3.85. The highest BCUT2D eigenvalue weighted by molar-refractivity contribution is 5.99. The molecule has 0 spiro atoms. The highest BCUT2D eigenvalue weighted by atomic mass is 16.6. The van der Waals surface area contributed by atoms with Crippen LogP contribution in [-0.2, 0) is 14.3 Å². The molecule has 2 fully saturated rings. The monoisotopic (exact) mass is 392 g/mol. The molecule has 2 aliphatic rings. The maximum Gasteiger partial charge on any atom is 0.416 e. The predicted octanol–water partition coefficient (Wildman–Crippen LogP) is 3.24. The Balaban J connectivity index is 1.83. The fraction of sp³-hybridized carbons (Fsp3) is 0.227. The van der Waals surface area contributed by atoms with E-state index in [1.165, 1.54) is 4.90 Å². The van der Waals surface area contributed by atoms with E-state index in [4.69, 9.17) is 9.47 Å². The zero-order chi connectivity index (χ0) is 20.2. The summed E-state index contributed by atoms with van der Waals surface area (Å²) in [6.45, 7) is 0.921. The molecular weight excluding hydrogens is 372 g/mol. The molecule has 2 saturated heterocycles. The summed E-state index contributed by atoms with van der Waals surface area (Å²) in [6, 6.07) is 18.5. The average molecular weight is 392 g/mol. The minimum absolute atomic E-state index is 0.162. The lowest BCUT2D eigenvalue weighted by atomic mass is 9.91. The van der Waals surface area contributed by atoms with Crippen LogP contribution in [0, 0.1) is 0 Å². The van der Waals surface area contributed by atoms with Gasteiger partial charge in [-0.2, -0.15) is 0 Å². The van der Waals surface area contributed by atoms with Crippen LogP contribution in [0.1, 0.15) is 17.0 Å². The van der Waals surface area contributed by atoms with Gasteiger partial charge in [0, 0.05) is 5.70 Å². The van der Waals surface area contributed by atoms with Gasteiger partial charge in [-0.1, -0.05) is 60.7 Å². The summed E-state index contributed by atoms with van der Waals surface area (Å²) in [5.41, 5.74) is 1.98. The van der Waals surface area contributed by atoms with E-state index in [1.807, 2.05) is 60.7 Å². The molecule has 0 bridgehead atoms. The van der Waals surface area contributed by atoms with E-state index in [0.29, 0.717) is 17.8 Å². The van der Waals surface area contributed by atoms with Gasteiger partial charge in [-0.3, -0.25) is 9.69 Å². The zero-order valence-corrected chi connectivity index (χ0v) is 15.7. The van der Waals surface area contributed by atoms with Crippen molar-refractivity contribution >= 4 is 24.2 Å². The molecule has 3 amide bonds. The number of nitrogens with zero attached hydrogens (tertiary/aromatic N) is 2. The van der Waals surface area contributed by atoms with Gasteiger partial charge in [0.15, 0.2) is 0 Å². The van der Waals surface area contributed by atoms with Gasteiger partial charge in [0.25, 0.3) is 0 Å². The molecule has 2 aromatic carbocycles. The quantitative estimate of drug-likeness (QED) is 0.781. The number of benzene rings is 2. The molecule has 1 atom stereocenters. The number of ether oxygens (including phenoxy) is 2. The van der Waals surface area contributed by atoms with E-state index in [9.17, 15) is 14.4 Å². The first-order valence-corrected chi connectivity index (χ1v) is 9.39. The van der Waals surface area contributed by atoms with Gasteiger partial charge in [0.1, 0.15) is 19.1 Å². The number of carbonyl (C=O) groups excluding carboxylic acids is 3. The summed E-state index contributed by atoms with van der Waals surface area (Å²) in [6.07, 6.45) is 0.618. The number of carbonyl (C=O) groups is 3. The van der Waals surface area contributed by atoms with E-state index in [-0.39, 0.29) is 19.8 Å². The number of imide groups is 1. The number of amides is 3. The van der Waals surface area contributed by atoms with Crippen LogP contribution in [0.3, 0.4) is 0 Å². The summed E-state index contributed by atoms with van der Waals surface area (Å²) in [5, 5.41) is 0. The van der Waals surface area contributed by atoms with Crippen LogP contribution in [0.15, 0.2) is 66.4 Å². The third-order valence-corrected chi connectivity index (χ3v) is 4.89. The van der Waals surface area contributed by atoms with Crippen molar-refractivity contribution in [3.05, 3.63) is 77.5 Å². The molecule has 29 heavy (non-hydrogen) atoms. The van der Waals surface area contributed by atoms with Crippen molar-refractivity contribution < 1.29 is 23.9 Å². The van der Waals surface area contributed by atoms with E-state index < -0.39 is 24.0 Å². The smallest absolute Gasteiger partial charge is 0.416 e. The van der Waals surface area contributed by atoms with Gasteiger partial charge >= 0.3 is 12.2 Å². The highest BCUT2D eigenvalue weighted by Crippen LogP contribution is 2.33. The topological polar surface area (TPSA) is 76.2 Å². The molecule has 4 rings (SSSR count). The Morgan fingerprint density at radius 3 is 1.93 bits per heavy atom. The van der Waals surface area contributed by atoms with Crippen LogP contribution in [0.2, 0.25) is 0 Å². The molecular formula is C22H20N2O5. The Kier molecular flexibility index (Phi) is 5.29. The number of cyclic esters (lactones) is 2. The molecule has 0 radical (unpaired) electrons. The highest BCUT2D eigenvalue weighted by Gasteiger charge is 2.40. The molecule has 148 valence electrons. The molecule has 2 heterocycles. The van der Waals surface area contributed by atoms with E-state index >= 15 is 0 Å². The molecule has 0 saturated carbocycles. The summed E-state index contributed by atoms with van der Waals surface area (Å²) < 4.78 is 10.1. The number of hydrogen-bond donors (Lipinski definition) is 0.